The molecule has 0 aliphatic carbocycles. The zero-order valence-electron chi connectivity index (χ0n) is 21.2. The van der Waals surface area contributed by atoms with E-state index < -0.39 is 16.6 Å². The fourth-order valence-corrected chi connectivity index (χ4v) is 10.6. The van der Waals surface area contributed by atoms with E-state index in [9.17, 15) is 9.59 Å². The van der Waals surface area contributed by atoms with E-state index in [2.05, 4.69) is 41.5 Å². The van der Waals surface area contributed by atoms with Gasteiger partial charge in [0.2, 0.25) is 0 Å². The molecule has 0 radical (unpaired) electrons. The molecule has 0 spiro atoms. The third-order valence-corrected chi connectivity index (χ3v) is 12.9. The van der Waals surface area contributed by atoms with Gasteiger partial charge in [-0.15, -0.1) is 0 Å². The maximum absolute atomic E-state index is 10.2. The third kappa shape index (κ3) is 33.8. The minimum atomic E-state index is -1.75. The van der Waals surface area contributed by atoms with Crippen molar-refractivity contribution in [1.29, 1.82) is 0 Å². The standard InChI is InChI=1S/2C9H22OSi.2C2H6O.Ti/c2*1-4-7-11(10,8-5-2)9-6-3;2*1-2-3;/h2*10H,4-9H2,1-3H3;2*3H,2H2,1H3;. The number of hydrogen-bond acceptors (Lipinski definition) is 4. The van der Waals surface area contributed by atoms with Crippen molar-refractivity contribution < 1.29 is 41.5 Å². The quantitative estimate of drug-likeness (QED) is 0.243. The molecule has 0 saturated heterocycles. The van der Waals surface area contributed by atoms with Gasteiger partial charge in [-0.3, -0.25) is 0 Å². The van der Waals surface area contributed by atoms with Gasteiger partial charge in [0.05, 0.1) is 0 Å². The summed E-state index contributed by atoms with van der Waals surface area (Å²) in [5.41, 5.74) is 0. The van der Waals surface area contributed by atoms with Gasteiger partial charge in [0, 0.05) is 34.9 Å². The first-order valence-electron chi connectivity index (χ1n) is 11.9. The molecule has 0 rings (SSSR count). The van der Waals surface area contributed by atoms with Crippen LogP contribution in [0.15, 0.2) is 0 Å². The van der Waals surface area contributed by atoms with Gasteiger partial charge < -0.3 is 19.8 Å². The molecule has 0 aromatic heterocycles. The van der Waals surface area contributed by atoms with Gasteiger partial charge in [0.15, 0.2) is 16.6 Å². The summed E-state index contributed by atoms with van der Waals surface area (Å²) < 4.78 is 0. The monoisotopic (exact) mass is 488 g/mol. The summed E-state index contributed by atoms with van der Waals surface area (Å²) in [6, 6.07) is 6.64. The normalized spacial score (nSPS) is 10.3. The van der Waals surface area contributed by atoms with E-state index in [0.29, 0.717) is 0 Å². The summed E-state index contributed by atoms with van der Waals surface area (Å²) in [4.78, 5) is 20.3. The fourth-order valence-electron chi connectivity index (χ4n) is 3.54. The Morgan fingerprint density at radius 2 is 0.517 bits per heavy atom. The second-order valence-electron chi connectivity index (χ2n) is 7.58. The van der Waals surface area contributed by atoms with Crippen molar-refractivity contribution in [2.45, 2.75) is 130 Å². The first-order chi connectivity index (χ1) is 13.2. The van der Waals surface area contributed by atoms with E-state index in [4.69, 9.17) is 10.2 Å². The molecular formula is C22H56O4Si2Ti. The van der Waals surface area contributed by atoms with Gasteiger partial charge in [0.25, 0.3) is 0 Å². The molecule has 0 aromatic rings. The first-order valence-corrected chi connectivity index (χ1v) is 17.0. The minimum absolute atomic E-state index is 0. The Morgan fingerprint density at radius 1 is 0.414 bits per heavy atom. The van der Waals surface area contributed by atoms with Crippen molar-refractivity contribution in [3.05, 3.63) is 0 Å². The van der Waals surface area contributed by atoms with Crippen LogP contribution in [0, 0.1) is 0 Å². The SMILES string of the molecule is CCC[Si](O)(CCC)CCC.CCC[Si](O)(CCC)CCC.CCO.CCO.[Ti]. The van der Waals surface area contributed by atoms with Crippen LogP contribution in [0.25, 0.3) is 0 Å². The number of rotatable bonds is 12. The van der Waals surface area contributed by atoms with Crippen LogP contribution in [-0.4, -0.2) is 49.7 Å². The zero-order valence-corrected chi connectivity index (χ0v) is 24.7. The Labute approximate surface area is 201 Å². The molecular weight excluding hydrogens is 432 g/mol. The number of aliphatic hydroxyl groups excluding tert-OH is 2. The summed E-state index contributed by atoms with van der Waals surface area (Å²) in [6.45, 7) is 16.9. The Kier molecular flexibility index (Phi) is 43.4. The van der Waals surface area contributed by atoms with Crippen LogP contribution in [0.1, 0.15) is 93.9 Å². The molecule has 180 valence electrons. The summed E-state index contributed by atoms with van der Waals surface area (Å²) >= 11 is 0. The summed E-state index contributed by atoms with van der Waals surface area (Å²) in [7, 11) is -3.50. The van der Waals surface area contributed by atoms with Gasteiger partial charge in [-0.25, -0.2) is 0 Å². The Hall–Kier alpha value is 0.988. The van der Waals surface area contributed by atoms with Crippen LogP contribution in [0.3, 0.4) is 0 Å². The average Bonchev–Trinajstić information content (AvgIpc) is 2.58. The van der Waals surface area contributed by atoms with Crippen molar-refractivity contribution in [3.8, 4) is 0 Å². The average molecular weight is 489 g/mol. The van der Waals surface area contributed by atoms with Crippen molar-refractivity contribution >= 4 is 16.6 Å². The predicted molar refractivity (Wildman–Crippen MR) is 132 cm³/mol. The van der Waals surface area contributed by atoms with E-state index in [1.807, 2.05) is 0 Å². The molecule has 0 atom stereocenters. The zero-order chi connectivity index (χ0) is 22.9. The van der Waals surface area contributed by atoms with Gasteiger partial charge in [-0.05, 0) is 50.1 Å². The first kappa shape index (κ1) is 40.4. The van der Waals surface area contributed by atoms with Crippen molar-refractivity contribution in [1.82, 2.24) is 0 Å². The molecule has 4 N–H and O–H groups in total. The smallest absolute Gasteiger partial charge is 0.188 e. The Morgan fingerprint density at radius 3 is 0.586 bits per heavy atom. The minimum Gasteiger partial charge on any atom is -0.432 e. The van der Waals surface area contributed by atoms with Crippen molar-refractivity contribution in [3.63, 3.8) is 0 Å². The van der Waals surface area contributed by atoms with Crippen LogP contribution in [0.2, 0.25) is 36.3 Å². The number of hydrogen-bond donors (Lipinski definition) is 4. The van der Waals surface area contributed by atoms with Crippen LogP contribution in [-0.2, 0) is 21.7 Å². The summed E-state index contributed by atoms with van der Waals surface area (Å²) in [6.07, 6.45) is 6.93. The summed E-state index contributed by atoms with van der Waals surface area (Å²) in [5.74, 6) is 0. The molecule has 0 unspecified atom stereocenters. The fraction of sp³-hybridized carbons (Fsp3) is 1.00. The van der Waals surface area contributed by atoms with Gasteiger partial charge in [0.1, 0.15) is 0 Å². The van der Waals surface area contributed by atoms with Gasteiger partial charge >= 0.3 is 0 Å². The van der Waals surface area contributed by atoms with E-state index in [-0.39, 0.29) is 34.9 Å². The third-order valence-electron chi connectivity index (χ3n) is 4.29. The molecule has 0 heterocycles. The van der Waals surface area contributed by atoms with Gasteiger partial charge in [-0.1, -0.05) is 80.1 Å². The second kappa shape index (κ2) is 31.2. The van der Waals surface area contributed by atoms with E-state index in [0.717, 1.165) is 74.8 Å². The molecule has 0 fully saturated rings. The molecule has 0 amide bonds. The molecule has 29 heavy (non-hydrogen) atoms. The Balaban J connectivity index is -0.000000101. The maximum Gasteiger partial charge on any atom is 0.188 e. The van der Waals surface area contributed by atoms with E-state index in [1.54, 1.807) is 13.8 Å². The van der Waals surface area contributed by atoms with Crippen LogP contribution < -0.4 is 0 Å². The maximum atomic E-state index is 10.2. The molecule has 0 bridgehead atoms. The van der Waals surface area contributed by atoms with E-state index >= 15 is 0 Å². The number of aliphatic hydroxyl groups is 2. The van der Waals surface area contributed by atoms with Gasteiger partial charge in [-0.2, -0.15) is 0 Å². The predicted octanol–water partition coefficient (Wildman–Crippen LogP) is 6.30. The summed E-state index contributed by atoms with van der Waals surface area (Å²) in [5, 5.41) is 15.1. The van der Waals surface area contributed by atoms with Crippen LogP contribution in [0.4, 0.5) is 0 Å². The molecule has 0 aliphatic rings. The largest absolute Gasteiger partial charge is 0.432 e. The topological polar surface area (TPSA) is 80.9 Å². The molecule has 4 nitrogen and oxygen atoms in total. The molecule has 0 saturated carbocycles. The second-order valence-corrected chi connectivity index (χ2v) is 15.5. The molecule has 0 aliphatic heterocycles. The van der Waals surface area contributed by atoms with E-state index in [1.165, 1.54) is 0 Å². The molecule has 0 aromatic carbocycles. The van der Waals surface area contributed by atoms with Crippen LogP contribution >= 0.6 is 0 Å². The Bertz CT molecular complexity index is 213. The van der Waals surface area contributed by atoms with Crippen LogP contribution in [0.5, 0.6) is 0 Å². The van der Waals surface area contributed by atoms with Crippen molar-refractivity contribution in [2.75, 3.05) is 13.2 Å². The molecule has 7 heteroatoms. The van der Waals surface area contributed by atoms with Crippen molar-refractivity contribution in [2.24, 2.45) is 0 Å².